The van der Waals surface area contributed by atoms with Gasteiger partial charge >= 0.3 is 0 Å². The summed E-state index contributed by atoms with van der Waals surface area (Å²) in [4.78, 5) is 15.1. The van der Waals surface area contributed by atoms with Crippen LogP contribution in [0.5, 0.6) is 0 Å². The molecule has 0 atom stereocenters. The van der Waals surface area contributed by atoms with E-state index >= 15 is 0 Å². The number of hydrogen-bond acceptors (Lipinski definition) is 3. The minimum absolute atomic E-state index is 0.156. The maximum Gasteiger partial charge on any atom is 0.270 e. The molecule has 2 heterocycles. The van der Waals surface area contributed by atoms with Crippen molar-refractivity contribution in [2.24, 2.45) is 0 Å². The predicted molar refractivity (Wildman–Crippen MR) is 120 cm³/mol. The Kier molecular flexibility index (Phi) is 5.03. The molecule has 1 aromatic heterocycles. The fourth-order valence-electron chi connectivity index (χ4n) is 3.11. The molecule has 4 rings (SSSR count). The Bertz CT molecular complexity index is 1120. The Morgan fingerprint density at radius 3 is 2.67 bits per heavy atom. The lowest BCUT2D eigenvalue weighted by atomic mass is 10.1. The molecule has 27 heavy (non-hydrogen) atoms. The number of aryl methyl sites for hydroxylation is 1. The Hall–Kier alpha value is -1.79. The van der Waals surface area contributed by atoms with Crippen molar-refractivity contribution in [2.45, 2.75) is 13.5 Å². The molecule has 1 amide bonds. The van der Waals surface area contributed by atoms with Gasteiger partial charge in [-0.25, -0.2) is 0 Å². The van der Waals surface area contributed by atoms with E-state index in [1.165, 1.54) is 16.7 Å². The lowest BCUT2D eigenvalue weighted by Crippen LogP contribution is -2.27. The average Bonchev–Trinajstić information content (AvgIpc) is 3.15. The number of halogens is 2. The number of anilines is 1. The fourth-order valence-corrected chi connectivity index (χ4v) is 4.69. The van der Waals surface area contributed by atoms with Crippen molar-refractivity contribution < 1.29 is 4.79 Å². The van der Waals surface area contributed by atoms with Crippen LogP contribution in [0.4, 0.5) is 5.69 Å². The number of hydrogen-bond donors (Lipinski definition) is 0. The normalized spacial score (nSPS) is 16.1. The van der Waals surface area contributed by atoms with E-state index in [1.807, 2.05) is 18.2 Å². The number of thioether (sulfide) groups is 1. The zero-order valence-electron chi connectivity index (χ0n) is 14.3. The molecule has 136 valence electrons. The maximum atomic E-state index is 13.0. The van der Waals surface area contributed by atoms with Gasteiger partial charge in [0.15, 0.2) is 4.32 Å². The summed E-state index contributed by atoms with van der Waals surface area (Å²) in [5.41, 5.74) is 2.76. The van der Waals surface area contributed by atoms with E-state index in [2.05, 4.69) is 29.8 Å². The van der Waals surface area contributed by atoms with Gasteiger partial charge in [0, 0.05) is 29.2 Å². The summed E-state index contributed by atoms with van der Waals surface area (Å²) < 4.78 is 2.64. The van der Waals surface area contributed by atoms with Gasteiger partial charge in [0.05, 0.1) is 20.6 Å². The molecule has 0 spiro atoms. The lowest BCUT2D eigenvalue weighted by Gasteiger charge is -2.15. The minimum Gasteiger partial charge on any atom is -0.347 e. The summed E-state index contributed by atoms with van der Waals surface area (Å²) in [6.45, 7) is 2.96. The van der Waals surface area contributed by atoms with E-state index in [-0.39, 0.29) is 5.91 Å². The first-order valence-corrected chi connectivity index (χ1v) is 10.3. The molecule has 0 aliphatic carbocycles. The van der Waals surface area contributed by atoms with Crippen LogP contribution in [-0.2, 0) is 11.3 Å². The monoisotopic (exact) mass is 432 g/mol. The van der Waals surface area contributed by atoms with Gasteiger partial charge in [-0.05, 0) is 37.3 Å². The summed E-state index contributed by atoms with van der Waals surface area (Å²) in [5.74, 6) is -0.156. The predicted octanol–water partition coefficient (Wildman–Crippen LogP) is 6.37. The Balaban J connectivity index is 1.75. The van der Waals surface area contributed by atoms with Gasteiger partial charge in [-0.2, -0.15) is 0 Å². The summed E-state index contributed by atoms with van der Waals surface area (Å²) in [5, 5.41) is 1.94. The van der Waals surface area contributed by atoms with E-state index in [0.717, 1.165) is 23.0 Å². The van der Waals surface area contributed by atoms with Gasteiger partial charge in [-0.1, -0.05) is 65.4 Å². The highest BCUT2D eigenvalue weighted by atomic mass is 35.5. The first-order valence-electron chi connectivity index (χ1n) is 8.30. The third-order valence-electron chi connectivity index (χ3n) is 4.40. The quantitative estimate of drug-likeness (QED) is 0.354. The molecule has 0 saturated carbocycles. The highest BCUT2D eigenvalue weighted by Crippen LogP contribution is 2.38. The van der Waals surface area contributed by atoms with Crippen molar-refractivity contribution in [1.29, 1.82) is 0 Å². The zero-order valence-corrected chi connectivity index (χ0v) is 17.4. The summed E-state index contributed by atoms with van der Waals surface area (Å²) >= 11 is 18.8. The first-order chi connectivity index (χ1) is 13.0. The number of para-hydroxylation sites is 1. The zero-order chi connectivity index (χ0) is 19.1. The SMILES string of the molecule is CCn1cc(/C=C2/SC(=S)N(c3ccc(Cl)c(Cl)c3)C2=O)c2ccccc21. The number of aromatic nitrogens is 1. The van der Waals surface area contributed by atoms with Crippen LogP contribution in [0.2, 0.25) is 10.0 Å². The second-order valence-electron chi connectivity index (χ2n) is 6.00. The van der Waals surface area contributed by atoms with Gasteiger partial charge in [0.25, 0.3) is 5.91 Å². The van der Waals surface area contributed by atoms with E-state index in [1.54, 1.807) is 18.2 Å². The Labute approximate surface area is 176 Å². The number of fused-ring (bicyclic) bond motifs is 1. The number of thiocarbonyl (C=S) groups is 1. The van der Waals surface area contributed by atoms with Crippen LogP contribution in [0, 0.1) is 0 Å². The Morgan fingerprint density at radius 2 is 1.93 bits per heavy atom. The molecule has 0 bridgehead atoms. The van der Waals surface area contributed by atoms with Crippen LogP contribution < -0.4 is 4.90 Å². The second-order valence-corrected chi connectivity index (χ2v) is 8.49. The van der Waals surface area contributed by atoms with Crippen LogP contribution >= 0.6 is 47.2 Å². The minimum atomic E-state index is -0.156. The highest BCUT2D eigenvalue weighted by Gasteiger charge is 2.33. The summed E-state index contributed by atoms with van der Waals surface area (Å²) in [7, 11) is 0. The van der Waals surface area contributed by atoms with Crippen LogP contribution in [0.3, 0.4) is 0 Å². The molecule has 3 nitrogen and oxygen atoms in total. The fraction of sp³-hybridized carbons (Fsp3) is 0.100. The molecular weight excluding hydrogens is 419 g/mol. The van der Waals surface area contributed by atoms with E-state index in [0.29, 0.717) is 25.0 Å². The number of benzene rings is 2. The number of carbonyl (C=O) groups is 1. The van der Waals surface area contributed by atoms with Crippen LogP contribution in [0.25, 0.3) is 17.0 Å². The molecule has 1 aliphatic heterocycles. The van der Waals surface area contributed by atoms with Crippen molar-refractivity contribution in [3.05, 3.63) is 69.2 Å². The van der Waals surface area contributed by atoms with Crippen molar-refractivity contribution in [3.63, 3.8) is 0 Å². The largest absolute Gasteiger partial charge is 0.347 e. The highest BCUT2D eigenvalue weighted by molar-refractivity contribution is 8.27. The van der Waals surface area contributed by atoms with Gasteiger partial charge < -0.3 is 4.57 Å². The number of carbonyl (C=O) groups excluding carboxylic acids is 1. The van der Waals surface area contributed by atoms with Crippen LogP contribution in [-0.4, -0.2) is 14.8 Å². The molecule has 1 saturated heterocycles. The molecule has 1 fully saturated rings. The molecule has 0 radical (unpaired) electrons. The first kappa shape index (κ1) is 18.6. The molecule has 1 aliphatic rings. The van der Waals surface area contributed by atoms with Gasteiger partial charge in [-0.3, -0.25) is 9.69 Å². The molecule has 0 N–H and O–H groups in total. The third-order valence-corrected chi connectivity index (χ3v) is 6.44. The smallest absolute Gasteiger partial charge is 0.270 e. The van der Waals surface area contributed by atoms with Crippen molar-refractivity contribution in [3.8, 4) is 0 Å². The van der Waals surface area contributed by atoms with Crippen LogP contribution in [0.1, 0.15) is 12.5 Å². The van der Waals surface area contributed by atoms with Gasteiger partial charge in [0.2, 0.25) is 0 Å². The molecule has 0 unspecified atom stereocenters. The number of rotatable bonds is 3. The number of nitrogens with zero attached hydrogens (tertiary/aromatic N) is 2. The third kappa shape index (κ3) is 3.29. The summed E-state index contributed by atoms with van der Waals surface area (Å²) in [6, 6.07) is 13.2. The Morgan fingerprint density at radius 1 is 1.15 bits per heavy atom. The van der Waals surface area contributed by atoms with Crippen molar-refractivity contribution in [2.75, 3.05) is 4.90 Å². The molecule has 3 aromatic rings. The second kappa shape index (κ2) is 7.32. The van der Waals surface area contributed by atoms with Crippen molar-refractivity contribution >= 4 is 80.1 Å². The van der Waals surface area contributed by atoms with E-state index < -0.39 is 0 Å². The van der Waals surface area contributed by atoms with Crippen LogP contribution in [0.15, 0.2) is 53.6 Å². The van der Waals surface area contributed by atoms with Crippen molar-refractivity contribution in [1.82, 2.24) is 4.57 Å². The van der Waals surface area contributed by atoms with E-state index in [9.17, 15) is 4.79 Å². The topological polar surface area (TPSA) is 25.2 Å². The van der Waals surface area contributed by atoms with E-state index in [4.69, 9.17) is 35.4 Å². The molecule has 2 aromatic carbocycles. The average molecular weight is 433 g/mol. The lowest BCUT2D eigenvalue weighted by molar-refractivity contribution is -0.113. The number of amides is 1. The summed E-state index contributed by atoms with van der Waals surface area (Å²) in [6.07, 6.45) is 3.97. The molecular formula is C20H14Cl2N2OS2. The molecule has 7 heteroatoms. The van der Waals surface area contributed by atoms with Gasteiger partial charge in [-0.15, -0.1) is 0 Å². The van der Waals surface area contributed by atoms with Gasteiger partial charge in [0.1, 0.15) is 0 Å². The standard InChI is InChI=1S/C20H14Cl2N2OS2/c1-2-23-11-12(14-5-3-4-6-17(14)23)9-18-19(25)24(20(26)27-18)13-7-8-15(21)16(22)10-13/h3-11H,2H2,1H3/b18-9+. The maximum absolute atomic E-state index is 13.0.